The summed E-state index contributed by atoms with van der Waals surface area (Å²) >= 11 is 5.87. The van der Waals surface area contributed by atoms with Gasteiger partial charge in [0.15, 0.2) is 6.61 Å². The number of nitrogens with one attached hydrogen (secondary N) is 2. The van der Waals surface area contributed by atoms with Gasteiger partial charge in [-0.05, 0) is 42.5 Å². The number of ether oxygens (including phenoxy) is 2. The second kappa shape index (κ2) is 11.4. The number of methoxy groups -OCH3 is 1. The summed E-state index contributed by atoms with van der Waals surface area (Å²) in [6.45, 7) is -0.206. The Morgan fingerprint density at radius 1 is 1.03 bits per heavy atom. The van der Waals surface area contributed by atoms with Crippen LogP contribution in [0.2, 0.25) is 5.02 Å². The predicted octanol–water partition coefficient (Wildman–Crippen LogP) is 2.58. The van der Waals surface area contributed by atoms with Gasteiger partial charge in [-0.1, -0.05) is 11.6 Å². The SMILES string of the molecule is COC[C@@H]1[C@@H](C(=O)Nc2ccc(-n3ccc(OCC(N)=O)cc3=O)cc2F)[C@H]1C(=O)Nc1ccc(Cl)cc1. The Balaban J connectivity index is 1.44. The highest BCUT2D eigenvalue weighted by atomic mass is 35.5. The van der Waals surface area contributed by atoms with Crippen LogP contribution < -0.4 is 26.7 Å². The van der Waals surface area contributed by atoms with E-state index in [4.69, 9.17) is 26.8 Å². The number of carbonyl (C=O) groups is 3. The lowest BCUT2D eigenvalue weighted by Gasteiger charge is -2.11. The van der Waals surface area contributed by atoms with Gasteiger partial charge in [-0.3, -0.25) is 23.7 Å². The standard InChI is InChI=1S/C26H24ClFN4O6/c1-37-12-18-23(25(35)30-15-4-2-14(27)3-5-15)24(18)26(36)31-20-7-6-16(10-19(20)28)32-9-8-17(11-22(32)34)38-13-21(29)33/h2-11,18,23-24H,12-13H2,1H3,(H2,29,33)(H,30,35)(H,31,36)/t18-,23-,24+/m0/s1. The molecule has 0 saturated heterocycles. The van der Waals surface area contributed by atoms with Crippen LogP contribution in [0.4, 0.5) is 15.8 Å². The summed E-state index contributed by atoms with van der Waals surface area (Å²) < 4.78 is 26.3. The summed E-state index contributed by atoms with van der Waals surface area (Å²) in [6, 6.07) is 13.0. The molecule has 1 saturated carbocycles. The molecule has 0 bridgehead atoms. The van der Waals surface area contributed by atoms with Gasteiger partial charge in [0, 0.05) is 42.1 Å². The molecule has 0 unspecified atom stereocenters. The van der Waals surface area contributed by atoms with Crippen molar-refractivity contribution in [2.75, 3.05) is 31.0 Å². The molecule has 4 N–H and O–H groups in total. The van der Waals surface area contributed by atoms with Crippen molar-refractivity contribution in [3.63, 3.8) is 0 Å². The normalized spacial score (nSPS) is 17.9. The summed E-state index contributed by atoms with van der Waals surface area (Å²) in [7, 11) is 1.47. The van der Waals surface area contributed by atoms with Gasteiger partial charge < -0.3 is 25.8 Å². The third-order valence-electron chi connectivity index (χ3n) is 6.01. The maximum Gasteiger partial charge on any atom is 0.258 e. The Kier molecular flexibility index (Phi) is 8.08. The van der Waals surface area contributed by atoms with Gasteiger partial charge in [-0.25, -0.2) is 4.39 Å². The van der Waals surface area contributed by atoms with Crippen molar-refractivity contribution in [1.29, 1.82) is 0 Å². The minimum absolute atomic E-state index is 0.104. The van der Waals surface area contributed by atoms with Crippen LogP contribution in [0.25, 0.3) is 5.69 Å². The number of primary amides is 1. The minimum Gasteiger partial charge on any atom is -0.484 e. The predicted molar refractivity (Wildman–Crippen MR) is 138 cm³/mol. The monoisotopic (exact) mass is 542 g/mol. The van der Waals surface area contributed by atoms with Crippen molar-refractivity contribution in [2.24, 2.45) is 23.5 Å². The van der Waals surface area contributed by atoms with Crippen LogP contribution in [0.5, 0.6) is 5.75 Å². The number of anilines is 2. The summed E-state index contributed by atoms with van der Waals surface area (Å²) in [5.41, 5.74) is 5.12. The van der Waals surface area contributed by atoms with Crippen LogP contribution in [0.15, 0.2) is 65.6 Å². The quantitative estimate of drug-likeness (QED) is 0.359. The topological polar surface area (TPSA) is 142 Å². The summed E-state index contributed by atoms with van der Waals surface area (Å²) in [6.07, 6.45) is 1.36. The molecule has 12 heteroatoms. The van der Waals surface area contributed by atoms with Crippen molar-refractivity contribution >= 4 is 40.7 Å². The van der Waals surface area contributed by atoms with Gasteiger partial charge in [0.05, 0.1) is 29.8 Å². The van der Waals surface area contributed by atoms with Crippen LogP contribution in [-0.4, -0.2) is 42.6 Å². The summed E-state index contributed by atoms with van der Waals surface area (Å²) in [5, 5.41) is 5.81. The Hall–Kier alpha value is -4.22. The van der Waals surface area contributed by atoms with E-state index in [1.165, 1.54) is 36.1 Å². The molecular weight excluding hydrogens is 519 g/mol. The summed E-state index contributed by atoms with van der Waals surface area (Å²) in [4.78, 5) is 49.0. The van der Waals surface area contributed by atoms with Crippen molar-refractivity contribution in [3.05, 3.63) is 82.0 Å². The zero-order valence-electron chi connectivity index (χ0n) is 20.1. The number of nitrogens with zero attached hydrogens (tertiary/aromatic N) is 1. The molecule has 1 heterocycles. The van der Waals surface area contributed by atoms with E-state index < -0.39 is 35.0 Å². The number of hydrogen-bond donors (Lipinski definition) is 3. The molecule has 4 rings (SSSR count). The molecule has 0 radical (unpaired) electrons. The van der Waals surface area contributed by atoms with Crippen molar-refractivity contribution in [1.82, 2.24) is 4.57 Å². The average molecular weight is 543 g/mol. The van der Waals surface area contributed by atoms with Crippen LogP contribution in [0, 0.1) is 23.6 Å². The molecule has 3 aromatic rings. The van der Waals surface area contributed by atoms with Gasteiger partial charge in [-0.2, -0.15) is 0 Å². The number of hydrogen-bond acceptors (Lipinski definition) is 6. The Morgan fingerprint density at radius 3 is 2.32 bits per heavy atom. The third-order valence-corrected chi connectivity index (χ3v) is 6.26. The van der Waals surface area contributed by atoms with Gasteiger partial charge in [0.2, 0.25) is 11.8 Å². The van der Waals surface area contributed by atoms with Crippen molar-refractivity contribution in [3.8, 4) is 11.4 Å². The minimum atomic E-state index is -0.775. The number of aromatic nitrogens is 1. The highest BCUT2D eigenvalue weighted by Crippen LogP contribution is 2.48. The maximum absolute atomic E-state index is 14.9. The van der Waals surface area contributed by atoms with Gasteiger partial charge >= 0.3 is 0 Å². The number of nitrogens with two attached hydrogens (primary N) is 1. The molecule has 0 aliphatic heterocycles. The molecule has 1 fully saturated rings. The number of carbonyl (C=O) groups excluding carboxylic acids is 3. The molecule has 1 aliphatic carbocycles. The van der Waals surface area contributed by atoms with Gasteiger partial charge in [0.25, 0.3) is 11.5 Å². The second-order valence-corrected chi connectivity index (χ2v) is 9.08. The van der Waals surface area contributed by atoms with E-state index >= 15 is 0 Å². The van der Waals surface area contributed by atoms with Crippen LogP contribution in [0.1, 0.15) is 0 Å². The molecule has 1 aliphatic rings. The second-order valence-electron chi connectivity index (χ2n) is 8.65. The molecule has 3 amide bonds. The fraction of sp³-hybridized carbons (Fsp3) is 0.231. The van der Waals surface area contributed by atoms with Crippen molar-refractivity contribution in [2.45, 2.75) is 0 Å². The zero-order valence-corrected chi connectivity index (χ0v) is 20.9. The van der Waals surface area contributed by atoms with Crippen LogP contribution in [0.3, 0.4) is 0 Å². The molecule has 1 aromatic heterocycles. The van der Waals surface area contributed by atoms with Crippen LogP contribution >= 0.6 is 11.6 Å². The Morgan fingerprint density at radius 2 is 1.71 bits per heavy atom. The molecule has 38 heavy (non-hydrogen) atoms. The molecule has 2 aromatic carbocycles. The van der Waals surface area contributed by atoms with Gasteiger partial charge in [0.1, 0.15) is 11.6 Å². The van der Waals surface area contributed by atoms with E-state index in [2.05, 4.69) is 10.6 Å². The van der Waals surface area contributed by atoms with Crippen molar-refractivity contribution < 1.29 is 28.2 Å². The highest BCUT2D eigenvalue weighted by molar-refractivity contribution is 6.30. The van der Waals surface area contributed by atoms with E-state index in [0.717, 1.165) is 12.1 Å². The summed E-state index contributed by atoms with van der Waals surface area (Å²) in [5.74, 6) is -3.94. The number of pyridine rings is 1. The Bertz CT molecular complexity index is 1430. The molecule has 10 nitrogen and oxygen atoms in total. The number of halogens is 2. The molecular formula is C26H24ClFN4O6. The first-order valence-corrected chi connectivity index (χ1v) is 11.9. The fourth-order valence-electron chi connectivity index (χ4n) is 4.14. The van der Waals surface area contributed by atoms with Crippen LogP contribution in [-0.2, 0) is 19.1 Å². The first-order chi connectivity index (χ1) is 18.2. The van der Waals surface area contributed by atoms with Gasteiger partial charge in [-0.15, -0.1) is 0 Å². The molecule has 3 atom stereocenters. The van der Waals surface area contributed by atoms with E-state index in [-0.39, 0.29) is 42.2 Å². The first-order valence-electron chi connectivity index (χ1n) is 11.5. The lowest BCUT2D eigenvalue weighted by Crippen LogP contribution is -2.22. The fourth-order valence-corrected chi connectivity index (χ4v) is 4.26. The highest BCUT2D eigenvalue weighted by Gasteiger charge is 2.58. The lowest BCUT2D eigenvalue weighted by atomic mass is 10.2. The van der Waals surface area contributed by atoms with E-state index in [1.807, 2.05) is 0 Å². The number of rotatable bonds is 10. The zero-order chi connectivity index (χ0) is 27.4. The maximum atomic E-state index is 14.9. The number of amides is 3. The first kappa shape index (κ1) is 26.8. The third kappa shape index (κ3) is 6.18. The molecule has 198 valence electrons. The number of benzene rings is 2. The smallest absolute Gasteiger partial charge is 0.258 e. The Labute approximate surface area is 221 Å². The van der Waals surface area contributed by atoms with E-state index in [1.54, 1.807) is 24.3 Å². The largest absolute Gasteiger partial charge is 0.484 e. The molecule has 0 spiro atoms. The van der Waals surface area contributed by atoms with E-state index in [0.29, 0.717) is 10.7 Å². The van der Waals surface area contributed by atoms with E-state index in [9.17, 15) is 23.6 Å². The lowest BCUT2D eigenvalue weighted by molar-refractivity contribution is -0.122. The average Bonchev–Trinajstić information content (AvgIpc) is 3.60.